The van der Waals surface area contributed by atoms with Crippen molar-refractivity contribution in [3.8, 4) is 0 Å². The Morgan fingerprint density at radius 1 is 1.52 bits per heavy atom. The Bertz CT molecular complexity index is 546. The molecule has 0 bridgehead atoms. The third kappa shape index (κ3) is 5.21. The maximum atomic E-state index is 11.9. The van der Waals surface area contributed by atoms with Gasteiger partial charge in [-0.3, -0.25) is 24.4 Å². The first kappa shape index (κ1) is 16.6. The fourth-order valence-electron chi connectivity index (χ4n) is 1.67. The van der Waals surface area contributed by atoms with Crippen LogP contribution in [0.3, 0.4) is 0 Å². The number of nitro groups is 1. The predicted molar refractivity (Wildman–Crippen MR) is 72.5 cm³/mol. The zero-order valence-electron chi connectivity index (χ0n) is 12.1. The summed E-state index contributed by atoms with van der Waals surface area (Å²) in [5.74, 6) is -1.46. The first-order valence-corrected chi connectivity index (χ1v) is 6.27. The second-order valence-corrected chi connectivity index (χ2v) is 5.74. The summed E-state index contributed by atoms with van der Waals surface area (Å²) in [4.78, 5) is 32.6. The molecule has 9 nitrogen and oxygen atoms in total. The Kier molecular flexibility index (Phi) is 5.01. The highest BCUT2D eigenvalue weighted by Gasteiger charge is 2.28. The van der Waals surface area contributed by atoms with Gasteiger partial charge in [-0.15, -0.1) is 0 Å². The summed E-state index contributed by atoms with van der Waals surface area (Å²) in [6, 6.07) is -0.548. The van der Waals surface area contributed by atoms with Gasteiger partial charge < -0.3 is 10.4 Å². The van der Waals surface area contributed by atoms with Gasteiger partial charge in [-0.05, 0) is 5.41 Å². The predicted octanol–water partition coefficient (Wildman–Crippen LogP) is 0.797. The molecule has 0 aliphatic rings. The standard InChI is InChI=1S/C12H18N4O5/c1-12(2,3)9(4-11(18)19)14-10(17)7-15-6-8(5-13-15)16(20)21/h5-6,9H,4,7H2,1-3H3,(H,14,17)(H,18,19). The second kappa shape index (κ2) is 6.33. The second-order valence-electron chi connectivity index (χ2n) is 5.74. The van der Waals surface area contributed by atoms with Gasteiger partial charge in [-0.2, -0.15) is 5.10 Å². The minimum Gasteiger partial charge on any atom is -0.481 e. The topological polar surface area (TPSA) is 127 Å². The quantitative estimate of drug-likeness (QED) is 0.590. The lowest BCUT2D eigenvalue weighted by Crippen LogP contribution is -2.46. The highest BCUT2D eigenvalue weighted by Crippen LogP contribution is 2.21. The average Bonchev–Trinajstić information content (AvgIpc) is 2.74. The van der Waals surface area contributed by atoms with E-state index in [1.165, 1.54) is 0 Å². The molecule has 0 saturated heterocycles. The van der Waals surface area contributed by atoms with Crippen LogP contribution in [0, 0.1) is 15.5 Å². The molecule has 0 aliphatic carbocycles. The maximum Gasteiger partial charge on any atom is 0.307 e. The summed E-state index contributed by atoms with van der Waals surface area (Å²) >= 11 is 0. The molecule has 1 rings (SSSR count). The van der Waals surface area contributed by atoms with Crippen LogP contribution in [0.4, 0.5) is 5.69 Å². The van der Waals surface area contributed by atoms with Crippen LogP contribution < -0.4 is 5.32 Å². The van der Waals surface area contributed by atoms with E-state index < -0.39 is 28.3 Å². The number of carboxylic acid groups (broad SMARTS) is 1. The summed E-state index contributed by atoms with van der Waals surface area (Å²) in [6.07, 6.45) is 1.99. The van der Waals surface area contributed by atoms with Crippen LogP contribution in [-0.4, -0.2) is 37.7 Å². The third-order valence-corrected chi connectivity index (χ3v) is 2.90. The van der Waals surface area contributed by atoms with Crippen molar-refractivity contribution in [1.29, 1.82) is 0 Å². The Morgan fingerprint density at radius 3 is 2.57 bits per heavy atom. The van der Waals surface area contributed by atoms with Gasteiger partial charge in [-0.25, -0.2) is 0 Å². The largest absolute Gasteiger partial charge is 0.481 e. The number of aromatic nitrogens is 2. The maximum absolute atomic E-state index is 11.9. The molecular formula is C12H18N4O5. The van der Waals surface area contributed by atoms with E-state index in [0.29, 0.717) is 0 Å². The van der Waals surface area contributed by atoms with E-state index in [1.807, 2.05) is 20.8 Å². The lowest BCUT2D eigenvalue weighted by Gasteiger charge is -2.30. The Labute approximate surface area is 121 Å². The third-order valence-electron chi connectivity index (χ3n) is 2.90. The van der Waals surface area contributed by atoms with E-state index in [0.717, 1.165) is 17.1 Å². The van der Waals surface area contributed by atoms with Gasteiger partial charge in [0.25, 0.3) is 0 Å². The van der Waals surface area contributed by atoms with E-state index in [4.69, 9.17) is 5.11 Å². The molecule has 1 amide bonds. The molecule has 21 heavy (non-hydrogen) atoms. The van der Waals surface area contributed by atoms with Gasteiger partial charge in [-0.1, -0.05) is 20.8 Å². The summed E-state index contributed by atoms with van der Waals surface area (Å²) in [7, 11) is 0. The number of carboxylic acids is 1. The van der Waals surface area contributed by atoms with E-state index >= 15 is 0 Å². The Morgan fingerprint density at radius 2 is 2.14 bits per heavy atom. The van der Waals surface area contributed by atoms with Crippen LogP contribution in [0.1, 0.15) is 27.2 Å². The zero-order valence-corrected chi connectivity index (χ0v) is 12.1. The minimum atomic E-state index is -1.01. The number of aliphatic carboxylic acids is 1. The van der Waals surface area contributed by atoms with Crippen LogP contribution in [0.15, 0.2) is 12.4 Å². The molecule has 1 heterocycles. The fraction of sp³-hybridized carbons (Fsp3) is 0.583. The summed E-state index contributed by atoms with van der Waals surface area (Å²) in [5.41, 5.74) is -0.634. The van der Waals surface area contributed by atoms with Crippen molar-refractivity contribution in [2.75, 3.05) is 0 Å². The molecule has 1 aromatic rings. The lowest BCUT2D eigenvalue weighted by atomic mass is 9.84. The smallest absolute Gasteiger partial charge is 0.307 e. The molecule has 9 heteroatoms. The van der Waals surface area contributed by atoms with Gasteiger partial charge in [0.05, 0.1) is 11.3 Å². The van der Waals surface area contributed by atoms with Gasteiger partial charge in [0.15, 0.2) is 0 Å². The van der Waals surface area contributed by atoms with Gasteiger partial charge in [0.2, 0.25) is 5.91 Å². The molecule has 0 radical (unpaired) electrons. The molecule has 2 N–H and O–H groups in total. The normalized spacial score (nSPS) is 12.7. The van der Waals surface area contributed by atoms with E-state index in [2.05, 4.69) is 10.4 Å². The molecule has 1 atom stereocenters. The first-order valence-electron chi connectivity index (χ1n) is 6.27. The minimum absolute atomic E-state index is 0.200. The van der Waals surface area contributed by atoms with E-state index in [9.17, 15) is 19.7 Å². The van der Waals surface area contributed by atoms with Crippen molar-refractivity contribution in [2.45, 2.75) is 39.8 Å². The summed E-state index contributed by atoms with van der Waals surface area (Å²) in [5, 5.41) is 25.7. The van der Waals surface area contributed by atoms with Crippen molar-refractivity contribution >= 4 is 17.6 Å². The molecule has 1 aromatic heterocycles. The number of hydrogen-bond acceptors (Lipinski definition) is 5. The van der Waals surface area contributed by atoms with E-state index in [-0.39, 0.29) is 18.7 Å². The Hall–Kier alpha value is -2.45. The molecule has 0 aliphatic heterocycles. The van der Waals surface area contributed by atoms with Gasteiger partial charge in [0.1, 0.15) is 18.9 Å². The number of nitrogens with one attached hydrogen (secondary N) is 1. The average molecular weight is 298 g/mol. The van der Waals surface area contributed by atoms with Crippen molar-refractivity contribution in [2.24, 2.45) is 5.41 Å². The molecule has 0 aromatic carbocycles. The van der Waals surface area contributed by atoms with Crippen molar-refractivity contribution < 1.29 is 19.6 Å². The molecule has 0 fully saturated rings. The van der Waals surface area contributed by atoms with Crippen LogP contribution >= 0.6 is 0 Å². The van der Waals surface area contributed by atoms with Crippen LogP contribution in [-0.2, 0) is 16.1 Å². The van der Waals surface area contributed by atoms with E-state index in [1.54, 1.807) is 0 Å². The van der Waals surface area contributed by atoms with Crippen LogP contribution in [0.25, 0.3) is 0 Å². The van der Waals surface area contributed by atoms with Crippen molar-refractivity contribution in [3.05, 3.63) is 22.5 Å². The molecule has 1 unspecified atom stereocenters. The first-order chi connectivity index (χ1) is 9.59. The number of carbonyl (C=O) groups excluding carboxylic acids is 1. The monoisotopic (exact) mass is 298 g/mol. The molecule has 116 valence electrons. The van der Waals surface area contributed by atoms with Gasteiger partial charge >= 0.3 is 11.7 Å². The summed E-state index contributed by atoms with van der Waals surface area (Å²) in [6.45, 7) is 5.25. The summed E-state index contributed by atoms with van der Waals surface area (Å²) < 4.78 is 1.13. The van der Waals surface area contributed by atoms with Crippen LogP contribution in [0.2, 0.25) is 0 Å². The zero-order chi connectivity index (χ0) is 16.2. The number of carbonyl (C=O) groups is 2. The van der Waals surface area contributed by atoms with Crippen molar-refractivity contribution in [3.63, 3.8) is 0 Å². The highest BCUT2D eigenvalue weighted by molar-refractivity contribution is 5.77. The molecular weight excluding hydrogens is 280 g/mol. The number of nitrogens with zero attached hydrogens (tertiary/aromatic N) is 3. The number of hydrogen-bond donors (Lipinski definition) is 2. The van der Waals surface area contributed by atoms with Crippen LogP contribution in [0.5, 0.6) is 0 Å². The fourth-order valence-corrected chi connectivity index (χ4v) is 1.67. The molecule has 0 spiro atoms. The number of amides is 1. The van der Waals surface area contributed by atoms with Gasteiger partial charge in [0, 0.05) is 6.04 Å². The lowest BCUT2D eigenvalue weighted by molar-refractivity contribution is -0.385. The van der Waals surface area contributed by atoms with Crippen molar-refractivity contribution in [1.82, 2.24) is 15.1 Å². The number of rotatable bonds is 6. The SMILES string of the molecule is CC(C)(C)C(CC(=O)O)NC(=O)Cn1cc([N+](=O)[O-])cn1. The highest BCUT2D eigenvalue weighted by atomic mass is 16.6. The Balaban J connectivity index is 2.69. The molecule has 0 saturated carbocycles.